The zero-order valence-electron chi connectivity index (χ0n) is 19.7. The first-order valence-electron chi connectivity index (χ1n) is 12.6. The van der Waals surface area contributed by atoms with Crippen LogP contribution >= 0.6 is 0 Å². The highest BCUT2D eigenvalue weighted by atomic mass is 16.2. The number of carbonyl (C=O) groups is 3. The van der Waals surface area contributed by atoms with E-state index in [0.717, 1.165) is 53.9 Å². The number of hydrogen-bond donors (Lipinski definition) is 2. The fourth-order valence-corrected chi connectivity index (χ4v) is 5.89. The molecule has 0 aromatic heterocycles. The Hall–Kier alpha value is -3.51. The molecule has 3 heterocycles. The van der Waals surface area contributed by atoms with Crippen molar-refractivity contribution in [2.24, 2.45) is 5.92 Å². The summed E-state index contributed by atoms with van der Waals surface area (Å²) in [6.07, 6.45) is 5.00. The third-order valence-corrected chi connectivity index (χ3v) is 7.74. The van der Waals surface area contributed by atoms with Gasteiger partial charge in [-0.3, -0.25) is 24.6 Å². The molecule has 0 saturated carbocycles. The number of carbonyl (C=O) groups excluding carboxylic acids is 3. The number of piperidine rings is 2. The molecule has 1 unspecified atom stereocenters. The largest absolute Gasteiger partial charge is 0.317 e. The molecule has 1 atom stereocenters. The molecule has 6 heteroatoms. The monoisotopic (exact) mass is 467 g/mol. The predicted molar refractivity (Wildman–Crippen MR) is 135 cm³/mol. The van der Waals surface area contributed by atoms with Crippen LogP contribution in [0, 0.1) is 5.92 Å². The Morgan fingerprint density at radius 3 is 2.40 bits per heavy atom. The first kappa shape index (κ1) is 22.0. The van der Waals surface area contributed by atoms with E-state index in [2.05, 4.69) is 47.0 Å². The molecule has 0 bridgehead atoms. The summed E-state index contributed by atoms with van der Waals surface area (Å²) in [6.45, 7) is 2.24. The van der Waals surface area contributed by atoms with Gasteiger partial charge in [0.05, 0.1) is 5.69 Å². The van der Waals surface area contributed by atoms with Gasteiger partial charge in [0.1, 0.15) is 6.04 Å². The minimum atomic E-state index is -0.658. The summed E-state index contributed by atoms with van der Waals surface area (Å²) in [6, 6.07) is 18.1. The molecule has 178 valence electrons. The zero-order chi connectivity index (χ0) is 23.9. The molecule has 3 aromatic rings. The van der Waals surface area contributed by atoms with E-state index in [0.29, 0.717) is 12.0 Å². The van der Waals surface area contributed by atoms with Gasteiger partial charge in [-0.05, 0) is 85.3 Å². The second-order valence-corrected chi connectivity index (χ2v) is 10.0. The van der Waals surface area contributed by atoms with E-state index in [9.17, 15) is 14.4 Å². The summed E-state index contributed by atoms with van der Waals surface area (Å²) in [7, 11) is 0. The van der Waals surface area contributed by atoms with Gasteiger partial charge >= 0.3 is 0 Å². The van der Waals surface area contributed by atoms with Crippen molar-refractivity contribution in [2.45, 2.75) is 44.6 Å². The molecule has 0 spiro atoms. The van der Waals surface area contributed by atoms with E-state index >= 15 is 0 Å². The second-order valence-electron chi connectivity index (χ2n) is 10.0. The van der Waals surface area contributed by atoms with Crippen molar-refractivity contribution < 1.29 is 14.4 Å². The molecular weight excluding hydrogens is 438 g/mol. The zero-order valence-corrected chi connectivity index (χ0v) is 19.7. The number of amides is 3. The number of nitrogens with zero attached hydrogens (tertiary/aromatic N) is 1. The molecule has 3 aliphatic rings. The van der Waals surface area contributed by atoms with Gasteiger partial charge in [0.2, 0.25) is 11.8 Å². The molecule has 6 nitrogen and oxygen atoms in total. The minimum Gasteiger partial charge on any atom is -0.317 e. The average molecular weight is 468 g/mol. The summed E-state index contributed by atoms with van der Waals surface area (Å²) in [5.41, 5.74) is 5.19. The molecule has 6 rings (SSSR count). The lowest BCUT2D eigenvalue weighted by Gasteiger charge is -2.30. The Kier molecular flexibility index (Phi) is 5.61. The van der Waals surface area contributed by atoms with Crippen LogP contribution < -0.4 is 15.5 Å². The van der Waals surface area contributed by atoms with Crippen LogP contribution in [0.1, 0.15) is 52.7 Å². The Balaban J connectivity index is 1.27. The maximum atomic E-state index is 13.3. The van der Waals surface area contributed by atoms with Crippen LogP contribution in [0.4, 0.5) is 5.69 Å². The van der Waals surface area contributed by atoms with Crippen molar-refractivity contribution in [2.75, 3.05) is 18.0 Å². The molecule has 3 amide bonds. The fraction of sp³-hybridized carbons (Fsp3) is 0.345. The maximum Gasteiger partial charge on any atom is 0.259 e. The molecule has 2 fully saturated rings. The first-order chi connectivity index (χ1) is 17.1. The Morgan fingerprint density at radius 2 is 1.63 bits per heavy atom. The molecule has 0 radical (unpaired) electrons. The van der Waals surface area contributed by atoms with Crippen LogP contribution in [-0.4, -0.2) is 36.9 Å². The standard InChI is InChI=1S/C29H29N3O3/c33-26-11-10-25(28(34)31-26)32-24-9-8-21(22-2-1-3-23(27(22)24)29(32)35)17-19-6-4-18(5-7-19)16-20-12-14-30-15-13-20/h1-9,20,25,30H,10-17H2,(H,31,33,34). The number of benzene rings is 3. The molecule has 0 aliphatic carbocycles. The lowest BCUT2D eigenvalue weighted by Crippen LogP contribution is -2.53. The predicted octanol–water partition coefficient (Wildman–Crippen LogP) is 3.74. The number of rotatable bonds is 5. The number of anilines is 1. The number of imide groups is 1. The summed E-state index contributed by atoms with van der Waals surface area (Å²) >= 11 is 0. The van der Waals surface area contributed by atoms with Crippen LogP contribution in [0.5, 0.6) is 0 Å². The van der Waals surface area contributed by atoms with Gasteiger partial charge in [-0.1, -0.05) is 42.5 Å². The van der Waals surface area contributed by atoms with Gasteiger partial charge < -0.3 is 5.32 Å². The van der Waals surface area contributed by atoms with Crippen LogP contribution in [0.2, 0.25) is 0 Å². The average Bonchev–Trinajstić information content (AvgIpc) is 3.15. The van der Waals surface area contributed by atoms with Crippen LogP contribution in [-0.2, 0) is 22.4 Å². The maximum absolute atomic E-state index is 13.3. The summed E-state index contributed by atoms with van der Waals surface area (Å²) in [4.78, 5) is 39.1. The minimum absolute atomic E-state index is 0.167. The highest BCUT2D eigenvalue weighted by Crippen LogP contribution is 2.41. The Morgan fingerprint density at radius 1 is 0.857 bits per heavy atom. The fourth-order valence-electron chi connectivity index (χ4n) is 5.89. The molecule has 35 heavy (non-hydrogen) atoms. The summed E-state index contributed by atoms with van der Waals surface area (Å²) in [5, 5.41) is 7.77. The van der Waals surface area contributed by atoms with Crippen LogP contribution in [0.25, 0.3) is 10.8 Å². The number of hydrogen-bond acceptors (Lipinski definition) is 4. The van der Waals surface area contributed by atoms with E-state index in [1.165, 1.54) is 24.0 Å². The van der Waals surface area contributed by atoms with E-state index in [-0.39, 0.29) is 18.2 Å². The third kappa shape index (κ3) is 4.02. The highest BCUT2D eigenvalue weighted by molar-refractivity contribution is 6.27. The van der Waals surface area contributed by atoms with Crippen LogP contribution in [0.3, 0.4) is 0 Å². The number of nitrogens with one attached hydrogen (secondary N) is 2. The van der Waals surface area contributed by atoms with E-state index in [1.807, 2.05) is 18.2 Å². The van der Waals surface area contributed by atoms with Crippen molar-refractivity contribution in [3.05, 3.63) is 76.9 Å². The van der Waals surface area contributed by atoms with Gasteiger partial charge in [0.15, 0.2) is 0 Å². The van der Waals surface area contributed by atoms with E-state index in [1.54, 1.807) is 4.90 Å². The quantitative estimate of drug-likeness (QED) is 0.561. The van der Waals surface area contributed by atoms with Gasteiger partial charge in [-0.25, -0.2) is 0 Å². The van der Waals surface area contributed by atoms with Gasteiger partial charge in [-0.2, -0.15) is 0 Å². The Bertz CT molecular complexity index is 1330. The molecule has 2 saturated heterocycles. The topological polar surface area (TPSA) is 78.5 Å². The van der Waals surface area contributed by atoms with Crippen molar-refractivity contribution in [3.8, 4) is 0 Å². The lowest BCUT2D eigenvalue weighted by molar-refractivity contribution is -0.134. The van der Waals surface area contributed by atoms with Crippen LogP contribution in [0.15, 0.2) is 54.6 Å². The molecule has 3 aliphatic heterocycles. The van der Waals surface area contributed by atoms with Gasteiger partial charge in [-0.15, -0.1) is 0 Å². The first-order valence-corrected chi connectivity index (χ1v) is 12.6. The Labute approximate surface area is 204 Å². The normalized spacial score (nSPS) is 20.5. The third-order valence-electron chi connectivity index (χ3n) is 7.74. The van der Waals surface area contributed by atoms with Crippen molar-refractivity contribution >= 4 is 34.2 Å². The highest BCUT2D eigenvalue weighted by Gasteiger charge is 2.40. The molecule has 2 N–H and O–H groups in total. The van der Waals surface area contributed by atoms with Crippen molar-refractivity contribution in [1.29, 1.82) is 0 Å². The van der Waals surface area contributed by atoms with Gasteiger partial charge in [0.25, 0.3) is 5.91 Å². The molecule has 3 aromatic carbocycles. The van der Waals surface area contributed by atoms with Gasteiger partial charge in [0, 0.05) is 17.4 Å². The van der Waals surface area contributed by atoms with E-state index < -0.39 is 11.9 Å². The van der Waals surface area contributed by atoms with Crippen molar-refractivity contribution in [1.82, 2.24) is 10.6 Å². The second kappa shape index (κ2) is 8.93. The SMILES string of the molecule is O=C1CCC(N2C(=O)c3cccc4c(Cc5ccc(CC6CCNCC6)cc5)ccc2c34)C(=O)N1. The molecular formula is C29H29N3O3. The lowest BCUT2D eigenvalue weighted by atomic mass is 9.90. The van der Waals surface area contributed by atoms with E-state index in [4.69, 9.17) is 0 Å². The smallest absolute Gasteiger partial charge is 0.259 e. The van der Waals surface area contributed by atoms with Crippen molar-refractivity contribution in [3.63, 3.8) is 0 Å². The summed E-state index contributed by atoms with van der Waals surface area (Å²) in [5.74, 6) is -0.0788. The summed E-state index contributed by atoms with van der Waals surface area (Å²) < 4.78 is 0.